The first-order valence-corrected chi connectivity index (χ1v) is 8.65. The Morgan fingerprint density at radius 3 is 2.80 bits per heavy atom. The molecule has 2 amide bonds. The third kappa shape index (κ3) is 4.89. The minimum absolute atomic E-state index is 0.136. The van der Waals surface area contributed by atoms with Crippen LogP contribution >= 0.6 is 0 Å². The fourth-order valence-corrected chi connectivity index (χ4v) is 2.82. The SMILES string of the molecule is O=C(NCc1noc(CN2CCCCCCC2=O)n1)c1ccccc1. The van der Waals surface area contributed by atoms with Gasteiger partial charge < -0.3 is 14.7 Å². The maximum atomic E-state index is 12.1. The van der Waals surface area contributed by atoms with Crippen LogP contribution in [0.15, 0.2) is 34.9 Å². The summed E-state index contributed by atoms with van der Waals surface area (Å²) >= 11 is 0. The van der Waals surface area contributed by atoms with Gasteiger partial charge in [0.15, 0.2) is 5.82 Å². The molecule has 7 heteroatoms. The number of hydrogen-bond acceptors (Lipinski definition) is 5. The molecule has 0 aliphatic carbocycles. The van der Waals surface area contributed by atoms with Crippen LogP contribution in [0.4, 0.5) is 0 Å². The number of rotatable bonds is 5. The van der Waals surface area contributed by atoms with Gasteiger partial charge in [0.05, 0.1) is 13.1 Å². The van der Waals surface area contributed by atoms with Gasteiger partial charge in [-0.05, 0) is 25.0 Å². The maximum Gasteiger partial charge on any atom is 0.251 e. The van der Waals surface area contributed by atoms with E-state index in [0.717, 1.165) is 32.2 Å². The van der Waals surface area contributed by atoms with Crippen LogP contribution in [0.25, 0.3) is 0 Å². The predicted octanol–water partition coefficient (Wildman–Crippen LogP) is 2.29. The molecule has 0 saturated carbocycles. The topological polar surface area (TPSA) is 88.3 Å². The number of amides is 2. The summed E-state index contributed by atoms with van der Waals surface area (Å²) in [6.07, 6.45) is 4.78. The number of carbonyl (C=O) groups is 2. The molecule has 1 aliphatic rings. The number of benzene rings is 1. The maximum absolute atomic E-state index is 12.1. The van der Waals surface area contributed by atoms with E-state index in [1.54, 1.807) is 17.0 Å². The van der Waals surface area contributed by atoms with Crippen molar-refractivity contribution in [2.75, 3.05) is 6.54 Å². The van der Waals surface area contributed by atoms with Crippen LogP contribution in [0, 0.1) is 0 Å². The van der Waals surface area contributed by atoms with Crippen molar-refractivity contribution in [1.29, 1.82) is 0 Å². The van der Waals surface area contributed by atoms with E-state index < -0.39 is 0 Å². The van der Waals surface area contributed by atoms with Crippen LogP contribution in [0.3, 0.4) is 0 Å². The van der Waals surface area contributed by atoms with Crippen molar-refractivity contribution < 1.29 is 14.1 Å². The third-order valence-corrected chi connectivity index (χ3v) is 4.20. The highest BCUT2D eigenvalue weighted by molar-refractivity contribution is 5.93. The Morgan fingerprint density at radius 2 is 1.96 bits per heavy atom. The molecule has 7 nitrogen and oxygen atoms in total. The average Bonchev–Trinajstić information content (AvgIpc) is 3.08. The van der Waals surface area contributed by atoms with Gasteiger partial charge in [-0.15, -0.1) is 0 Å². The van der Waals surface area contributed by atoms with Gasteiger partial charge in [0, 0.05) is 18.5 Å². The number of carbonyl (C=O) groups excluding carboxylic acids is 2. The van der Waals surface area contributed by atoms with Crippen LogP contribution in [0.5, 0.6) is 0 Å². The number of hydrogen-bond donors (Lipinski definition) is 1. The molecule has 3 rings (SSSR count). The van der Waals surface area contributed by atoms with Crippen LogP contribution in [0.1, 0.15) is 54.2 Å². The lowest BCUT2D eigenvalue weighted by molar-refractivity contribution is -0.132. The van der Waals surface area contributed by atoms with Crippen molar-refractivity contribution in [1.82, 2.24) is 20.4 Å². The summed E-state index contributed by atoms with van der Waals surface area (Å²) in [6.45, 7) is 1.24. The molecule has 0 spiro atoms. The van der Waals surface area contributed by atoms with Gasteiger partial charge in [0.1, 0.15) is 0 Å². The zero-order chi connectivity index (χ0) is 17.5. The summed E-state index contributed by atoms with van der Waals surface area (Å²) in [5, 5.41) is 6.63. The molecule has 2 aromatic rings. The lowest BCUT2D eigenvalue weighted by Crippen LogP contribution is -2.32. The molecular formula is C18H22N4O3. The Morgan fingerprint density at radius 1 is 1.16 bits per heavy atom. The minimum Gasteiger partial charge on any atom is -0.345 e. The molecular weight excluding hydrogens is 320 g/mol. The largest absolute Gasteiger partial charge is 0.345 e. The lowest BCUT2D eigenvalue weighted by Gasteiger charge is -2.23. The molecule has 1 N–H and O–H groups in total. The zero-order valence-corrected chi connectivity index (χ0v) is 14.1. The fourth-order valence-electron chi connectivity index (χ4n) is 2.82. The van der Waals surface area contributed by atoms with E-state index in [4.69, 9.17) is 4.52 Å². The van der Waals surface area contributed by atoms with Crippen molar-refractivity contribution in [3.63, 3.8) is 0 Å². The van der Waals surface area contributed by atoms with Gasteiger partial charge in [0.2, 0.25) is 11.8 Å². The first kappa shape index (κ1) is 17.1. The van der Waals surface area contributed by atoms with Crippen LogP contribution < -0.4 is 5.32 Å². The second-order valence-corrected chi connectivity index (χ2v) is 6.13. The molecule has 0 radical (unpaired) electrons. The quantitative estimate of drug-likeness (QED) is 0.900. The summed E-state index contributed by atoms with van der Waals surface area (Å²) in [5.74, 6) is 0.749. The van der Waals surface area contributed by atoms with Gasteiger partial charge in [-0.2, -0.15) is 4.98 Å². The van der Waals surface area contributed by atoms with Crippen molar-refractivity contribution in [2.45, 2.75) is 45.2 Å². The Labute approximate surface area is 146 Å². The highest BCUT2D eigenvalue weighted by Gasteiger charge is 2.19. The molecule has 1 aromatic heterocycles. The summed E-state index contributed by atoms with van der Waals surface area (Å²) in [4.78, 5) is 30.2. The first-order chi connectivity index (χ1) is 12.2. The van der Waals surface area contributed by atoms with E-state index in [9.17, 15) is 9.59 Å². The Bertz CT molecular complexity index is 714. The van der Waals surface area contributed by atoms with Gasteiger partial charge in [-0.25, -0.2) is 0 Å². The van der Waals surface area contributed by atoms with E-state index >= 15 is 0 Å². The van der Waals surface area contributed by atoms with Gasteiger partial charge in [-0.1, -0.05) is 36.2 Å². The summed E-state index contributed by atoms with van der Waals surface area (Å²) < 4.78 is 5.22. The Hall–Kier alpha value is -2.70. The Balaban J connectivity index is 1.53. The number of aromatic nitrogens is 2. The number of nitrogens with zero attached hydrogens (tertiary/aromatic N) is 3. The highest BCUT2D eigenvalue weighted by Crippen LogP contribution is 2.14. The van der Waals surface area contributed by atoms with E-state index in [1.165, 1.54) is 0 Å². The lowest BCUT2D eigenvalue weighted by atomic mass is 10.1. The van der Waals surface area contributed by atoms with E-state index in [-0.39, 0.29) is 18.4 Å². The van der Waals surface area contributed by atoms with Crippen molar-refractivity contribution in [3.05, 3.63) is 47.6 Å². The van der Waals surface area contributed by atoms with Crippen molar-refractivity contribution in [2.24, 2.45) is 0 Å². The highest BCUT2D eigenvalue weighted by atomic mass is 16.5. The van der Waals surface area contributed by atoms with Crippen molar-refractivity contribution >= 4 is 11.8 Å². The third-order valence-electron chi connectivity index (χ3n) is 4.20. The van der Waals surface area contributed by atoms with Crippen LogP contribution in [0.2, 0.25) is 0 Å². The standard InChI is InChI=1S/C18H22N4O3/c23-17-10-6-1-2-7-11-22(17)13-16-20-15(21-25-16)12-19-18(24)14-8-4-3-5-9-14/h3-5,8-9H,1-2,6-7,10-13H2,(H,19,24). The molecule has 0 atom stereocenters. The molecule has 1 aliphatic heterocycles. The molecule has 0 unspecified atom stereocenters. The predicted molar refractivity (Wildman–Crippen MR) is 90.4 cm³/mol. The van der Waals surface area contributed by atoms with E-state index in [2.05, 4.69) is 15.5 Å². The molecule has 1 aromatic carbocycles. The first-order valence-electron chi connectivity index (χ1n) is 8.65. The Kier molecular flexibility index (Phi) is 5.77. The number of likely N-dealkylation sites (tertiary alicyclic amines) is 1. The fraction of sp³-hybridized carbons (Fsp3) is 0.444. The van der Waals surface area contributed by atoms with Crippen LogP contribution in [-0.2, 0) is 17.9 Å². The zero-order valence-electron chi connectivity index (χ0n) is 14.1. The second-order valence-electron chi connectivity index (χ2n) is 6.13. The monoisotopic (exact) mass is 342 g/mol. The number of nitrogens with one attached hydrogen (secondary N) is 1. The molecule has 1 saturated heterocycles. The summed E-state index contributed by atoms with van der Waals surface area (Å²) in [6, 6.07) is 8.95. The van der Waals surface area contributed by atoms with Gasteiger partial charge in [-0.3, -0.25) is 9.59 Å². The average molecular weight is 342 g/mol. The summed E-state index contributed by atoms with van der Waals surface area (Å²) in [7, 11) is 0. The second kappa shape index (κ2) is 8.41. The molecule has 25 heavy (non-hydrogen) atoms. The van der Waals surface area contributed by atoms with E-state index in [0.29, 0.717) is 30.2 Å². The van der Waals surface area contributed by atoms with Crippen molar-refractivity contribution in [3.8, 4) is 0 Å². The van der Waals surface area contributed by atoms with Crippen LogP contribution in [-0.4, -0.2) is 33.4 Å². The molecule has 0 bridgehead atoms. The molecule has 1 fully saturated rings. The smallest absolute Gasteiger partial charge is 0.251 e. The van der Waals surface area contributed by atoms with Gasteiger partial charge >= 0.3 is 0 Å². The summed E-state index contributed by atoms with van der Waals surface area (Å²) in [5.41, 5.74) is 0.581. The normalized spacial score (nSPS) is 15.5. The minimum atomic E-state index is -0.189. The molecule has 2 heterocycles. The molecule has 132 valence electrons. The van der Waals surface area contributed by atoms with Gasteiger partial charge in [0.25, 0.3) is 5.91 Å². The van der Waals surface area contributed by atoms with E-state index in [1.807, 2.05) is 18.2 Å².